The van der Waals surface area contributed by atoms with Crippen molar-refractivity contribution in [2.24, 2.45) is 4.99 Å². The van der Waals surface area contributed by atoms with Gasteiger partial charge in [-0.15, -0.1) is 0 Å². The third-order valence-electron chi connectivity index (χ3n) is 5.10. The van der Waals surface area contributed by atoms with Gasteiger partial charge < -0.3 is 19.1 Å². The Kier molecular flexibility index (Phi) is 7.71. The van der Waals surface area contributed by atoms with Crippen LogP contribution in [0.5, 0.6) is 11.6 Å². The predicted octanol–water partition coefficient (Wildman–Crippen LogP) is 4.30. The summed E-state index contributed by atoms with van der Waals surface area (Å²) in [5.41, 5.74) is 4.26. The van der Waals surface area contributed by atoms with Crippen LogP contribution in [0, 0.1) is 6.92 Å². The van der Waals surface area contributed by atoms with Gasteiger partial charge in [0.2, 0.25) is 5.88 Å². The third kappa shape index (κ3) is 6.56. The van der Waals surface area contributed by atoms with Crippen LogP contribution in [0.3, 0.4) is 0 Å². The highest BCUT2D eigenvalue weighted by Crippen LogP contribution is 2.23. The van der Waals surface area contributed by atoms with Gasteiger partial charge in [-0.3, -0.25) is 4.99 Å². The fourth-order valence-electron chi connectivity index (χ4n) is 3.52. The summed E-state index contributed by atoms with van der Waals surface area (Å²) in [5, 5.41) is 0. The van der Waals surface area contributed by atoms with Crippen molar-refractivity contribution in [3.63, 3.8) is 0 Å². The Balaban J connectivity index is 1.42. The van der Waals surface area contributed by atoms with Gasteiger partial charge in [0.1, 0.15) is 19.0 Å². The van der Waals surface area contributed by atoms with Crippen LogP contribution in [0.1, 0.15) is 16.8 Å². The molecule has 166 valence electrons. The minimum absolute atomic E-state index is 0.417. The molecule has 32 heavy (non-hydrogen) atoms. The molecule has 3 aromatic rings. The summed E-state index contributed by atoms with van der Waals surface area (Å²) in [6.07, 6.45) is 1.89. The van der Waals surface area contributed by atoms with Crippen molar-refractivity contribution in [2.45, 2.75) is 13.5 Å². The van der Waals surface area contributed by atoms with Gasteiger partial charge in [0, 0.05) is 31.1 Å². The minimum atomic E-state index is 0.417. The number of hydrogen-bond acceptors (Lipinski definition) is 6. The van der Waals surface area contributed by atoms with E-state index in [1.165, 1.54) is 5.56 Å². The summed E-state index contributed by atoms with van der Waals surface area (Å²) in [7, 11) is 0. The van der Waals surface area contributed by atoms with Crippen LogP contribution < -0.4 is 14.4 Å². The molecule has 2 heterocycles. The molecule has 1 aliphatic rings. The van der Waals surface area contributed by atoms with Crippen LogP contribution in [0.2, 0.25) is 0 Å². The highest BCUT2D eigenvalue weighted by molar-refractivity contribution is 5.79. The van der Waals surface area contributed by atoms with E-state index >= 15 is 0 Å². The predicted molar refractivity (Wildman–Crippen MR) is 127 cm³/mol. The van der Waals surface area contributed by atoms with E-state index in [2.05, 4.69) is 46.1 Å². The number of morpholine rings is 1. The Hall–Kier alpha value is -3.38. The zero-order valence-electron chi connectivity index (χ0n) is 18.4. The molecule has 0 amide bonds. The van der Waals surface area contributed by atoms with Gasteiger partial charge in [0.05, 0.1) is 25.5 Å². The van der Waals surface area contributed by atoms with E-state index in [0.29, 0.717) is 25.6 Å². The average Bonchev–Trinajstić information content (AvgIpc) is 2.83. The summed E-state index contributed by atoms with van der Waals surface area (Å²) in [6.45, 7) is 6.60. The summed E-state index contributed by atoms with van der Waals surface area (Å²) in [5.74, 6) is 1.42. The number of para-hydroxylation sites is 1. The molecule has 1 aliphatic heterocycles. The molecular weight excluding hydrogens is 402 g/mol. The molecule has 4 rings (SSSR count). The highest BCUT2D eigenvalue weighted by Gasteiger charge is 2.14. The second kappa shape index (κ2) is 11.3. The van der Waals surface area contributed by atoms with Crippen LogP contribution in [0.25, 0.3) is 0 Å². The molecule has 1 aromatic heterocycles. The topological polar surface area (TPSA) is 56.2 Å². The van der Waals surface area contributed by atoms with E-state index in [4.69, 9.17) is 14.2 Å². The largest absolute Gasteiger partial charge is 0.490 e. The molecule has 0 spiro atoms. The Labute approximate surface area is 189 Å². The molecule has 0 unspecified atom stereocenters. The first kappa shape index (κ1) is 21.8. The fourth-order valence-corrected chi connectivity index (χ4v) is 3.52. The Morgan fingerprint density at radius 1 is 0.969 bits per heavy atom. The number of aromatic nitrogens is 1. The number of hydrogen-bond donors (Lipinski definition) is 0. The molecule has 0 saturated carbocycles. The van der Waals surface area contributed by atoms with Crippen molar-refractivity contribution in [2.75, 3.05) is 44.4 Å². The Bertz CT molecular complexity index is 1020. The van der Waals surface area contributed by atoms with E-state index in [1.807, 2.05) is 48.7 Å². The van der Waals surface area contributed by atoms with Gasteiger partial charge in [0.15, 0.2) is 0 Å². The van der Waals surface area contributed by atoms with Crippen molar-refractivity contribution < 1.29 is 14.2 Å². The van der Waals surface area contributed by atoms with Crippen molar-refractivity contribution >= 4 is 11.9 Å². The van der Waals surface area contributed by atoms with Crippen LogP contribution in [-0.4, -0.2) is 50.7 Å². The molecule has 1 saturated heterocycles. The number of anilines is 1. The molecule has 6 nitrogen and oxygen atoms in total. The normalized spacial score (nSPS) is 14.0. The first-order valence-corrected chi connectivity index (χ1v) is 11.0. The van der Waals surface area contributed by atoms with E-state index < -0.39 is 0 Å². The molecule has 0 radical (unpaired) electrons. The molecule has 2 aromatic carbocycles. The summed E-state index contributed by atoms with van der Waals surface area (Å²) < 4.78 is 17.2. The molecule has 0 aliphatic carbocycles. The summed E-state index contributed by atoms with van der Waals surface area (Å²) in [4.78, 5) is 11.6. The van der Waals surface area contributed by atoms with E-state index in [-0.39, 0.29) is 0 Å². The maximum Gasteiger partial charge on any atom is 0.215 e. The second-order valence-corrected chi connectivity index (χ2v) is 7.65. The quantitative estimate of drug-likeness (QED) is 0.373. The first-order valence-electron chi connectivity index (χ1n) is 11.0. The molecule has 6 heteroatoms. The van der Waals surface area contributed by atoms with Crippen molar-refractivity contribution in [3.05, 3.63) is 83.6 Å². The highest BCUT2D eigenvalue weighted by atomic mass is 16.5. The molecule has 1 fully saturated rings. The monoisotopic (exact) mass is 431 g/mol. The van der Waals surface area contributed by atoms with E-state index in [1.54, 1.807) is 0 Å². The number of nitrogens with zero attached hydrogens (tertiary/aromatic N) is 3. The van der Waals surface area contributed by atoms with Crippen LogP contribution >= 0.6 is 0 Å². The number of aliphatic imine (C=N–C) groups is 1. The van der Waals surface area contributed by atoms with Gasteiger partial charge in [-0.1, -0.05) is 48.0 Å². The SMILES string of the molecule is Cc1cccc(C=NCc2cc(N3CCOCC3)cc(OCCOc3ccccc3)n2)c1. The van der Waals surface area contributed by atoms with Gasteiger partial charge in [-0.05, 0) is 30.7 Å². The number of pyridine rings is 1. The summed E-state index contributed by atoms with van der Waals surface area (Å²) >= 11 is 0. The van der Waals surface area contributed by atoms with Gasteiger partial charge in [-0.2, -0.15) is 0 Å². The van der Waals surface area contributed by atoms with Crippen LogP contribution in [0.4, 0.5) is 5.69 Å². The zero-order chi connectivity index (χ0) is 22.0. The molecule has 0 atom stereocenters. The maximum absolute atomic E-state index is 5.93. The van der Waals surface area contributed by atoms with Gasteiger partial charge in [0.25, 0.3) is 0 Å². The standard InChI is InChI=1S/C26H29N3O3/c1-21-6-5-7-22(16-21)19-27-20-23-17-24(29-10-12-30-13-11-29)18-26(28-23)32-15-14-31-25-8-3-2-4-9-25/h2-9,16-19H,10-15,20H2,1H3. The lowest BCUT2D eigenvalue weighted by atomic mass is 10.1. The summed E-state index contributed by atoms with van der Waals surface area (Å²) in [6, 6.07) is 22.1. The van der Waals surface area contributed by atoms with Gasteiger partial charge >= 0.3 is 0 Å². The molecule has 0 bridgehead atoms. The van der Waals surface area contributed by atoms with Crippen molar-refractivity contribution in [3.8, 4) is 11.6 Å². The van der Waals surface area contributed by atoms with E-state index in [9.17, 15) is 0 Å². The second-order valence-electron chi connectivity index (χ2n) is 7.65. The lowest BCUT2D eigenvalue weighted by Crippen LogP contribution is -2.36. The van der Waals surface area contributed by atoms with Crippen molar-refractivity contribution in [1.82, 2.24) is 4.98 Å². The smallest absolute Gasteiger partial charge is 0.215 e. The van der Waals surface area contributed by atoms with Crippen LogP contribution in [-0.2, 0) is 11.3 Å². The maximum atomic E-state index is 5.93. The lowest BCUT2D eigenvalue weighted by molar-refractivity contribution is 0.122. The first-order chi connectivity index (χ1) is 15.8. The molecule has 0 N–H and O–H groups in total. The minimum Gasteiger partial charge on any atom is -0.490 e. The van der Waals surface area contributed by atoms with Crippen molar-refractivity contribution in [1.29, 1.82) is 0 Å². The fraction of sp³-hybridized carbons (Fsp3) is 0.308. The third-order valence-corrected chi connectivity index (χ3v) is 5.10. The number of benzene rings is 2. The number of ether oxygens (including phenoxy) is 3. The number of aryl methyl sites for hydroxylation is 1. The average molecular weight is 432 g/mol. The molecular formula is C26H29N3O3. The lowest BCUT2D eigenvalue weighted by Gasteiger charge is -2.29. The van der Waals surface area contributed by atoms with Gasteiger partial charge in [-0.25, -0.2) is 4.98 Å². The zero-order valence-corrected chi connectivity index (χ0v) is 18.4. The van der Waals surface area contributed by atoms with E-state index in [0.717, 1.165) is 49.0 Å². The Morgan fingerprint density at radius 3 is 2.59 bits per heavy atom. The Morgan fingerprint density at radius 2 is 1.78 bits per heavy atom. The van der Waals surface area contributed by atoms with Crippen LogP contribution in [0.15, 0.2) is 71.7 Å². The number of rotatable bonds is 9.